The topological polar surface area (TPSA) is 81.9 Å². The molecule has 1 N–H and O–H groups in total. The molecule has 7 nitrogen and oxygen atoms in total. The fourth-order valence-corrected chi connectivity index (χ4v) is 4.73. The highest BCUT2D eigenvalue weighted by Gasteiger charge is 2.16. The summed E-state index contributed by atoms with van der Waals surface area (Å²) in [4.78, 5) is 17.1. The number of carbonyl (C=O) groups excluding carboxylic acids is 1. The van der Waals surface area contributed by atoms with Gasteiger partial charge in [0.15, 0.2) is 16.1 Å². The molecular formula is C25H25N5O2S2. The number of nitrogens with zero attached hydrogens (tertiary/aromatic N) is 4. The van der Waals surface area contributed by atoms with Gasteiger partial charge in [0.25, 0.3) is 0 Å². The third kappa shape index (κ3) is 5.73. The number of thioether (sulfide) groups is 1. The zero-order chi connectivity index (χ0) is 23.9. The number of ether oxygens (including phenoxy) is 1. The van der Waals surface area contributed by atoms with Crippen molar-refractivity contribution in [3.63, 3.8) is 0 Å². The Morgan fingerprint density at radius 1 is 1.15 bits per heavy atom. The highest BCUT2D eigenvalue weighted by Crippen LogP contribution is 2.27. The van der Waals surface area contributed by atoms with Crippen LogP contribution >= 0.6 is 23.1 Å². The van der Waals surface area contributed by atoms with Gasteiger partial charge in [-0.15, -0.1) is 28.1 Å². The first-order valence-electron chi connectivity index (χ1n) is 10.8. The van der Waals surface area contributed by atoms with Crippen molar-refractivity contribution in [2.75, 3.05) is 17.7 Å². The average molecular weight is 492 g/mol. The molecule has 174 valence electrons. The molecule has 0 aliphatic heterocycles. The molecule has 0 unspecified atom stereocenters. The van der Waals surface area contributed by atoms with E-state index in [2.05, 4.69) is 27.1 Å². The van der Waals surface area contributed by atoms with E-state index in [1.807, 2.05) is 72.3 Å². The lowest BCUT2D eigenvalue weighted by Crippen LogP contribution is -2.14. The molecule has 2 aromatic heterocycles. The van der Waals surface area contributed by atoms with Crippen LogP contribution in [-0.2, 0) is 11.3 Å². The molecule has 0 bridgehead atoms. The predicted octanol–water partition coefficient (Wildman–Crippen LogP) is 5.69. The molecule has 0 saturated heterocycles. The summed E-state index contributed by atoms with van der Waals surface area (Å²) < 4.78 is 7.46. The van der Waals surface area contributed by atoms with Crippen molar-refractivity contribution in [3.8, 4) is 28.4 Å². The van der Waals surface area contributed by atoms with E-state index in [0.29, 0.717) is 29.3 Å². The number of hydrogen-bond donors (Lipinski definition) is 1. The van der Waals surface area contributed by atoms with Crippen LogP contribution in [0.2, 0.25) is 0 Å². The standard InChI is InChI=1S/C25H25N5O2S2/c1-4-14-30-23(19-10-12-20(13-11-19)32-5-2)28-29-25(30)34-16-22(31)27-24-26-21(15-33-24)18-8-6-17(3)7-9-18/h4,6-13,15H,1,5,14,16H2,2-3H3,(H,26,27,31). The van der Waals surface area contributed by atoms with Crippen LogP contribution in [0.4, 0.5) is 5.13 Å². The monoisotopic (exact) mass is 491 g/mol. The number of carbonyl (C=O) groups is 1. The minimum absolute atomic E-state index is 0.148. The van der Waals surface area contributed by atoms with Gasteiger partial charge in [-0.3, -0.25) is 9.36 Å². The Balaban J connectivity index is 1.40. The predicted molar refractivity (Wildman–Crippen MR) is 138 cm³/mol. The van der Waals surface area contributed by atoms with E-state index in [4.69, 9.17) is 4.74 Å². The highest BCUT2D eigenvalue weighted by atomic mass is 32.2. The Kier molecular flexibility index (Phi) is 7.76. The molecule has 0 radical (unpaired) electrons. The fourth-order valence-electron chi connectivity index (χ4n) is 3.24. The molecule has 2 aromatic carbocycles. The molecule has 2 heterocycles. The summed E-state index contributed by atoms with van der Waals surface area (Å²) in [6.45, 7) is 8.99. The van der Waals surface area contributed by atoms with Crippen molar-refractivity contribution in [1.82, 2.24) is 19.7 Å². The molecule has 34 heavy (non-hydrogen) atoms. The van der Waals surface area contributed by atoms with E-state index >= 15 is 0 Å². The molecule has 0 aliphatic rings. The van der Waals surface area contributed by atoms with Gasteiger partial charge >= 0.3 is 0 Å². The molecule has 0 spiro atoms. The van der Waals surface area contributed by atoms with Gasteiger partial charge in [-0.2, -0.15) is 0 Å². The van der Waals surface area contributed by atoms with Crippen LogP contribution in [0.5, 0.6) is 5.75 Å². The number of benzene rings is 2. The van der Waals surface area contributed by atoms with Crippen LogP contribution in [0, 0.1) is 6.92 Å². The lowest BCUT2D eigenvalue weighted by molar-refractivity contribution is -0.113. The third-order valence-electron chi connectivity index (χ3n) is 4.88. The second-order valence-corrected chi connectivity index (χ2v) is 9.20. The number of hydrogen-bond acceptors (Lipinski definition) is 7. The maximum atomic E-state index is 12.6. The van der Waals surface area contributed by atoms with Crippen molar-refractivity contribution >= 4 is 34.1 Å². The first-order chi connectivity index (χ1) is 16.6. The van der Waals surface area contributed by atoms with Crippen molar-refractivity contribution in [3.05, 3.63) is 72.1 Å². The van der Waals surface area contributed by atoms with Crippen LogP contribution in [0.25, 0.3) is 22.6 Å². The molecule has 0 fully saturated rings. The first-order valence-corrected chi connectivity index (χ1v) is 12.7. The molecule has 9 heteroatoms. The molecule has 4 aromatic rings. The highest BCUT2D eigenvalue weighted by molar-refractivity contribution is 7.99. The third-order valence-corrected chi connectivity index (χ3v) is 6.61. The van der Waals surface area contributed by atoms with E-state index in [0.717, 1.165) is 22.6 Å². The van der Waals surface area contributed by atoms with E-state index < -0.39 is 0 Å². The maximum absolute atomic E-state index is 12.6. The Bertz CT molecular complexity index is 1260. The van der Waals surface area contributed by atoms with E-state index in [1.54, 1.807) is 6.08 Å². The number of thiazole rings is 1. The number of rotatable bonds is 10. The van der Waals surface area contributed by atoms with Crippen LogP contribution in [-0.4, -0.2) is 38.0 Å². The quantitative estimate of drug-likeness (QED) is 0.227. The largest absolute Gasteiger partial charge is 0.494 e. The summed E-state index contributed by atoms with van der Waals surface area (Å²) in [6, 6.07) is 15.9. The Labute approximate surface area is 206 Å². The second-order valence-electron chi connectivity index (χ2n) is 7.40. The van der Waals surface area contributed by atoms with Crippen molar-refractivity contribution < 1.29 is 9.53 Å². The molecular weight excluding hydrogens is 466 g/mol. The summed E-state index contributed by atoms with van der Waals surface area (Å²) in [7, 11) is 0. The van der Waals surface area contributed by atoms with Crippen LogP contribution < -0.4 is 10.1 Å². The fraction of sp³-hybridized carbons (Fsp3) is 0.200. The number of amides is 1. The van der Waals surface area contributed by atoms with Gasteiger partial charge in [0.05, 0.1) is 18.1 Å². The summed E-state index contributed by atoms with van der Waals surface area (Å²) in [5.41, 5.74) is 3.98. The minimum Gasteiger partial charge on any atom is -0.494 e. The van der Waals surface area contributed by atoms with Crippen molar-refractivity contribution in [1.29, 1.82) is 0 Å². The SMILES string of the molecule is C=CCn1c(SCC(=O)Nc2nc(-c3ccc(C)cc3)cs2)nnc1-c1ccc(OCC)cc1. The van der Waals surface area contributed by atoms with E-state index in [9.17, 15) is 4.79 Å². The Morgan fingerprint density at radius 3 is 2.59 bits per heavy atom. The zero-order valence-corrected chi connectivity index (χ0v) is 20.7. The molecule has 0 atom stereocenters. The number of nitrogens with one attached hydrogen (secondary N) is 1. The average Bonchev–Trinajstić information content (AvgIpc) is 3.46. The van der Waals surface area contributed by atoms with Crippen molar-refractivity contribution in [2.24, 2.45) is 0 Å². The van der Waals surface area contributed by atoms with Gasteiger partial charge in [0, 0.05) is 23.1 Å². The minimum atomic E-state index is -0.148. The number of allylic oxidation sites excluding steroid dienone is 1. The van der Waals surface area contributed by atoms with Gasteiger partial charge in [-0.05, 0) is 38.1 Å². The van der Waals surface area contributed by atoms with E-state index in [1.165, 1.54) is 28.7 Å². The van der Waals surface area contributed by atoms with Crippen LogP contribution in [0.3, 0.4) is 0 Å². The summed E-state index contributed by atoms with van der Waals surface area (Å²) in [5.74, 6) is 1.57. The lowest BCUT2D eigenvalue weighted by atomic mass is 10.1. The Morgan fingerprint density at radius 2 is 1.88 bits per heavy atom. The Hall–Kier alpha value is -3.43. The van der Waals surface area contributed by atoms with Crippen LogP contribution in [0.1, 0.15) is 12.5 Å². The molecule has 1 amide bonds. The summed E-state index contributed by atoms with van der Waals surface area (Å²) in [6.07, 6.45) is 1.79. The van der Waals surface area contributed by atoms with E-state index in [-0.39, 0.29) is 11.7 Å². The molecule has 4 rings (SSSR count). The maximum Gasteiger partial charge on any atom is 0.236 e. The van der Waals surface area contributed by atoms with Gasteiger partial charge in [-0.25, -0.2) is 4.98 Å². The molecule has 0 aliphatic carbocycles. The van der Waals surface area contributed by atoms with Crippen molar-refractivity contribution in [2.45, 2.75) is 25.5 Å². The van der Waals surface area contributed by atoms with Gasteiger partial charge in [0.1, 0.15) is 5.75 Å². The van der Waals surface area contributed by atoms with Gasteiger partial charge in [0.2, 0.25) is 5.91 Å². The second kappa shape index (κ2) is 11.1. The smallest absolute Gasteiger partial charge is 0.236 e. The van der Waals surface area contributed by atoms with Crippen LogP contribution in [0.15, 0.2) is 71.7 Å². The van der Waals surface area contributed by atoms with Gasteiger partial charge < -0.3 is 10.1 Å². The van der Waals surface area contributed by atoms with Gasteiger partial charge in [-0.1, -0.05) is 47.7 Å². The molecule has 0 saturated carbocycles. The lowest BCUT2D eigenvalue weighted by Gasteiger charge is -2.08. The number of anilines is 1. The zero-order valence-electron chi connectivity index (χ0n) is 19.0. The number of aryl methyl sites for hydroxylation is 1. The first kappa shape index (κ1) is 23.7. The summed E-state index contributed by atoms with van der Waals surface area (Å²) >= 11 is 2.73. The summed E-state index contributed by atoms with van der Waals surface area (Å²) in [5, 5.41) is 14.7. The number of aromatic nitrogens is 4. The normalized spacial score (nSPS) is 10.8.